The Bertz CT molecular complexity index is 747. The van der Waals surface area contributed by atoms with Crippen LogP contribution in [-0.4, -0.2) is 39.9 Å². The van der Waals surface area contributed by atoms with Crippen molar-refractivity contribution in [2.75, 3.05) is 13.1 Å². The molecule has 3 saturated heterocycles. The topological polar surface area (TPSA) is 33.1 Å². The van der Waals surface area contributed by atoms with E-state index in [9.17, 15) is 0 Å². The van der Waals surface area contributed by atoms with E-state index < -0.39 is 0 Å². The van der Waals surface area contributed by atoms with Crippen molar-refractivity contribution < 1.29 is 0 Å². The Balaban J connectivity index is 1.48. The number of hydrogen-bond donors (Lipinski definition) is 1. The van der Waals surface area contributed by atoms with Gasteiger partial charge in [0.1, 0.15) is 0 Å². The second-order valence-corrected chi connectivity index (χ2v) is 7.84. The van der Waals surface area contributed by atoms with E-state index >= 15 is 0 Å². The lowest BCUT2D eigenvalue weighted by Gasteiger charge is -2.25. The summed E-state index contributed by atoms with van der Waals surface area (Å²) < 4.78 is 2.12. The van der Waals surface area contributed by atoms with Crippen molar-refractivity contribution in [1.82, 2.24) is 20.0 Å². The Morgan fingerprint density at radius 1 is 1.08 bits per heavy atom. The standard InChI is InChI=1S/C20H26N4/c1-13-9-14(2)24(22-13)18-6-4-3-5-15(18)12-23-19-7-8-20(23)17-11-21-10-16(17)19/h3-6,9,16-17,19-21H,7-8,10-12H2,1-2H3/t16-,17+,19-,20+. The van der Waals surface area contributed by atoms with Gasteiger partial charge in [-0.05, 0) is 69.3 Å². The van der Waals surface area contributed by atoms with Crippen LogP contribution in [0.3, 0.4) is 0 Å². The molecule has 0 amide bonds. The van der Waals surface area contributed by atoms with Crippen LogP contribution in [0.2, 0.25) is 0 Å². The number of benzene rings is 1. The van der Waals surface area contributed by atoms with Gasteiger partial charge in [0.25, 0.3) is 0 Å². The number of aryl methyl sites for hydroxylation is 2. The van der Waals surface area contributed by atoms with Gasteiger partial charge in [0, 0.05) is 24.3 Å². The predicted octanol–water partition coefficient (Wildman–Crippen LogP) is 2.67. The Morgan fingerprint density at radius 3 is 2.46 bits per heavy atom. The Kier molecular flexibility index (Phi) is 3.32. The molecule has 126 valence electrons. The first-order valence-corrected chi connectivity index (χ1v) is 9.30. The molecular formula is C20H26N4. The summed E-state index contributed by atoms with van der Waals surface area (Å²) in [5.74, 6) is 1.76. The molecule has 0 radical (unpaired) electrons. The zero-order valence-corrected chi connectivity index (χ0v) is 14.6. The van der Waals surface area contributed by atoms with Gasteiger partial charge < -0.3 is 5.32 Å². The second-order valence-electron chi connectivity index (χ2n) is 7.84. The summed E-state index contributed by atoms with van der Waals surface area (Å²) in [6.45, 7) is 7.73. The second kappa shape index (κ2) is 5.43. The third kappa shape index (κ3) is 2.09. The Labute approximate surface area is 143 Å². The van der Waals surface area contributed by atoms with Crippen LogP contribution in [0.5, 0.6) is 0 Å². The average molecular weight is 322 g/mol. The quantitative estimate of drug-likeness (QED) is 0.943. The van der Waals surface area contributed by atoms with E-state index in [0.29, 0.717) is 0 Å². The molecule has 4 nitrogen and oxygen atoms in total. The van der Waals surface area contributed by atoms with Crippen molar-refractivity contribution in [2.45, 2.75) is 45.3 Å². The summed E-state index contributed by atoms with van der Waals surface area (Å²) in [6, 6.07) is 12.5. The third-order valence-electron chi connectivity index (χ3n) is 6.49. The van der Waals surface area contributed by atoms with Crippen LogP contribution < -0.4 is 5.32 Å². The van der Waals surface area contributed by atoms with Crippen LogP contribution in [-0.2, 0) is 6.54 Å². The minimum absolute atomic E-state index is 0.781. The maximum atomic E-state index is 4.71. The molecule has 0 spiro atoms. The van der Waals surface area contributed by atoms with E-state index in [1.54, 1.807) is 0 Å². The molecule has 3 aliphatic rings. The highest BCUT2D eigenvalue weighted by molar-refractivity contribution is 5.42. The fourth-order valence-corrected chi connectivity index (χ4v) is 5.56. The number of fused-ring (bicyclic) bond motifs is 5. The van der Waals surface area contributed by atoms with Crippen LogP contribution >= 0.6 is 0 Å². The summed E-state index contributed by atoms with van der Waals surface area (Å²) in [7, 11) is 0. The van der Waals surface area contributed by atoms with Crippen LogP contribution in [0.25, 0.3) is 5.69 Å². The van der Waals surface area contributed by atoms with E-state index in [-0.39, 0.29) is 0 Å². The Hall–Kier alpha value is -1.65. The van der Waals surface area contributed by atoms with Crippen LogP contribution in [0.15, 0.2) is 30.3 Å². The zero-order chi connectivity index (χ0) is 16.3. The molecule has 1 aromatic heterocycles. The number of para-hydroxylation sites is 1. The molecule has 5 rings (SSSR count). The monoisotopic (exact) mass is 322 g/mol. The molecule has 3 aliphatic heterocycles. The van der Waals surface area contributed by atoms with Crippen LogP contribution in [0, 0.1) is 25.7 Å². The molecule has 1 aromatic carbocycles. The maximum absolute atomic E-state index is 4.71. The summed E-state index contributed by atoms with van der Waals surface area (Å²) in [6.07, 6.45) is 2.77. The lowest BCUT2D eigenvalue weighted by molar-refractivity contribution is 0.218. The number of aromatic nitrogens is 2. The fraction of sp³-hybridized carbons (Fsp3) is 0.550. The van der Waals surface area contributed by atoms with Gasteiger partial charge in [0.15, 0.2) is 0 Å². The van der Waals surface area contributed by atoms with E-state index in [4.69, 9.17) is 5.10 Å². The molecule has 2 aromatic rings. The van der Waals surface area contributed by atoms with Gasteiger partial charge in [-0.25, -0.2) is 4.68 Å². The van der Waals surface area contributed by atoms with Gasteiger partial charge in [-0.3, -0.25) is 4.90 Å². The van der Waals surface area contributed by atoms with Gasteiger partial charge in [-0.15, -0.1) is 0 Å². The Morgan fingerprint density at radius 2 is 1.79 bits per heavy atom. The summed E-state index contributed by atoms with van der Waals surface area (Å²) in [4.78, 5) is 2.81. The van der Waals surface area contributed by atoms with Crippen molar-refractivity contribution in [1.29, 1.82) is 0 Å². The molecule has 0 aliphatic carbocycles. The SMILES string of the molecule is Cc1cc(C)n(-c2ccccc2CN2[C@@H]3CC[C@H]2[C@H]2CNC[C@H]23)n1. The normalized spacial score (nSPS) is 31.8. The van der Waals surface area contributed by atoms with Crippen molar-refractivity contribution in [3.63, 3.8) is 0 Å². The van der Waals surface area contributed by atoms with E-state index in [1.807, 2.05) is 0 Å². The molecule has 1 N–H and O–H groups in total. The summed E-state index contributed by atoms with van der Waals surface area (Å²) in [5, 5.41) is 8.33. The lowest BCUT2D eigenvalue weighted by atomic mass is 9.82. The maximum Gasteiger partial charge on any atom is 0.0693 e. The molecule has 24 heavy (non-hydrogen) atoms. The first-order valence-electron chi connectivity index (χ1n) is 9.30. The van der Waals surface area contributed by atoms with Crippen molar-refractivity contribution >= 4 is 0 Å². The lowest BCUT2D eigenvalue weighted by Crippen LogP contribution is -2.34. The number of nitrogens with zero attached hydrogens (tertiary/aromatic N) is 3. The van der Waals surface area contributed by atoms with E-state index in [1.165, 1.54) is 42.9 Å². The van der Waals surface area contributed by atoms with Gasteiger partial charge >= 0.3 is 0 Å². The minimum atomic E-state index is 0.781. The largest absolute Gasteiger partial charge is 0.316 e. The van der Waals surface area contributed by atoms with Crippen LogP contribution in [0.4, 0.5) is 0 Å². The van der Waals surface area contributed by atoms with E-state index in [2.05, 4.69) is 59.1 Å². The van der Waals surface area contributed by atoms with Gasteiger partial charge in [0.2, 0.25) is 0 Å². The smallest absolute Gasteiger partial charge is 0.0693 e. The third-order valence-corrected chi connectivity index (χ3v) is 6.49. The number of rotatable bonds is 3. The summed E-state index contributed by atoms with van der Waals surface area (Å²) in [5.41, 5.74) is 4.96. The van der Waals surface area contributed by atoms with Crippen molar-refractivity contribution in [3.8, 4) is 5.69 Å². The highest BCUT2D eigenvalue weighted by atomic mass is 15.3. The first kappa shape index (κ1) is 14.7. The summed E-state index contributed by atoms with van der Waals surface area (Å²) >= 11 is 0. The number of hydrogen-bond acceptors (Lipinski definition) is 3. The molecule has 4 heteroatoms. The van der Waals surface area contributed by atoms with Gasteiger partial charge in [-0.1, -0.05) is 18.2 Å². The molecule has 0 unspecified atom stereocenters. The van der Waals surface area contributed by atoms with Gasteiger partial charge in [0.05, 0.1) is 11.4 Å². The zero-order valence-electron chi connectivity index (χ0n) is 14.6. The minimum Gasteiger partial charge on any atom is -0.316 e. The molecule has 2 bridgehead atoms. The molecule has 4 heterocycles. The molecule has 4 atom stereocenters. The molecule has 3 fully saturated rings. The highest BCUT2D eigenvalue weighted by Gasteiger charge is 2.54. The van der Waals surface area contributed by atoms with Crippen molar-refractivity contribution in [2.24, 2.45) is 11.8 Å². The van der Waals surface area contributed by atoms with E-state index in [0.717, 1.165) is 36.2 Å². The predicted molar refractivity (Wildman–Crippen MR) is 95.2 cm³/mol. The van der Waals surface area contributed by atoms with Gasteiger partial charge in [-0.2, -0.15) is 5.10 Å². The highest BCUT2D eigenvalue weighted by Crippen LogP contribution is 2.48. The van der Waals surface area contributed by atoms with Crippen LogP contribution in [0.1, 0.15) is 29.8 Å². The van der Waals surface area contributed by atoms with Crippen molar-refractivity contribution in [3.05, 3.63) is 47.3 Å². The average Bonchev–Trinajstić information content (AvgIpc) is 3.31. The number of nitrogens with one attached hydrogen (secondary N) is 1. The first-order chi connectivity index (χ1) is 11.7. The fourth-order valence-electron chi connectivity index (χ4n) is 5.56. The molecule has 0 saturated carbocycles. The molecular weight excluding hydrogens is 296 g/mol.